The van der Waals surface area contributed by atoms with E-state index in [9.17, 15) is 10.2 Å². The Morgan fingerprint density at radius 3 is 2.25 bits per heavy atom. The Bertz CT molecular complexity index is 1120. The molecule has 0 saturated carbocycles. The van der Waals surface area contributed by atoms with Crippen LogP contribution in [0.4, 0.5) is 0 Å². The molecule has 2 aliphatic rings. The number of phenolic OH excluding ortho intramolecular Hbond substituents is 2. The average molecular weight is 432 g/mol. The summed E-state index contributed by atoms with van der Waals surface area (Å²) in [6.07, 6.45) is 4.79. The molecule has 0 bridgehead atoms. The van der Waals surface area contributed by atoms with Crippen LogP contribution in [0.5, 0.6) is 11.5 Å². The van der Waals surface area contributed by atoms with Gasteiger partial charge in [-0.3, -0.25) is 15.1 Å². The van der Waals surface area contributed by atoms with Crippen LogP contribution in [0.25, 0.3) is 0 Å². The van der Waals surface area contributed by atoms with Gasteiger partial charge in [0.1, 0.15) is 11.5 Å². The molecule has 4 rings (SSSR count). The highest BCUT2D eigenvalue weighted by Gasteiger charge is 2.41. The third kappa shape index (κ3) is 3.99. The Labute approximate surface area is 191 Å². The van der Waals surface area contributed by atoms with E-state index in [0.717, 1.165) is 17.6 Å². The zero-order valence-corrected chi connectivity index (χ0v) is 19.6. The van der Waals surface area contributed by atoms with Crippen molar-refractivity contribution in [3.8, 4) is 11.5 Å². The number of nitrogens with zero attached hydrogens (tertiary/aromatic N) is 2. The second-order valence-electron chi connectivity index (χ2n) is 9.18. The number of nitrogens with one attached hydrogen (secondary N) is 1. The van der Waals surface area contributed by atoms with E-state index in [-0.39, 0.29) is 30.0 Å². The monoisotopic (exact) mass is 431 g/mol. The van der Waals surface area contributed by atoms with E-state index in [4.69, 9.17) is 0 Å². The van der Waals surface area contributed by atoms with Gasteiger partial charge in [-0.2, -0.15) is 0 Å². The highest BCUT2D eigenvalue weighted by Crippen LogP contribution is 2.42. The van der Waals surface area contributed by atoms with Gasteiger partial charge in [0.25, 0.3) is 0 Å². The number of likely N-dealkylation sites (N-methyl/N-ethyl adjacent to an activating group) is 1. The molecule has 1 saturated heterocycles. The molecule has 3 atom stereocenters. The Morgan fingerprint density at radius 1 is 0.906 bits per heavy atom. The molecule has 1 aliphatic heterocycles. The molecule has 5 heteroatoms. The van der Waals surface area contributed by atoms with Crippen molar-refractivity contribution in [2.75, 3.05) is 14.1 Å². The van der Waals surface area contributed by atoms with Crippen molar-refractivity contribution in [3.05, 3.63) is 94.1 Å². The van der Waals surface area contributed by atoms with Crippen LogP contribution in [-0.2, 0) is 0 Å². The fourth-order valence-corrected chi connectivity index (χ4v) is 5.07. The summed E-state index contributed by atoms with van der Waals surface area (Å²) >= 11 is 0. The molecule has 32 heavy (non-hydrogen) atoms. The summed E-state index contributed by atoms with van der Waals surface area (Å²) in [5.41, 5.74) is 8.06. The van der Waals surface area contributed by atoms with E-state index in [1.807, 2.05) is 6.07 Å². The van der Waals surface area contributed by atoms with Crippen molar-refractivity contribution in [3.63, 3.8) is 0 Å². The second kappa shape index (κ2) is 8.58. The van der Waals surface area contributed by atoms with E-state index in [2.05, 4.69) is 86.9 Å². The number of allylic oxidation sites excluding steroid dienone is 3. The molecule has 3 unspecified atom stereocenters. The third-order valence-corrected chi connectivity index (χ3v) is 6.69. The number of benzene rings is 2. The van der Waals surface area contributed by atoms with Crippen LogP contribution < -0.4 is 5.32 Å². The quantitative estimate of drug-likeness (QED) is 0.636. The minimum absolute atomic E-state index is 0.0558. The van der Waals surface area contributed by atoms with Crippen LogP contribution >= 0.6 is 0 Å². The van der Waals surface area contributed by atoms with Gasteiger partial charge in [0.2, 0.25) is 0 Å². The van der Waals surface area contributed by atoms with Crippen LogP contribution in [0.3, 0.4) is 0 Å². The van der Waals surface area contributed by atoms with Gasteiger partial charge in [0.15, 0.2) is 0 Å². The van der Waals surface area contributed by atoms with Crippen LogP contribution in [0, 0.1) is 13.8 Å². The van der Waals surface area contributed by atoms with Crippen molar-refractivity contribution in [1.82, 2.24) is 15.1 Å². The highest BCUT2D eigenvalue weighted by molar-refractivity contribution is 5.45. The van der Waals surface area contributed by atoms with E-state index in [0.29, 0.717) is 0 Å². The normalized spacial score (nSPS) is 24.9. The standard InChI is InChI=1S/C27H33N3O2/c1-16-7-10-21(18(3)13-16)25-28-26(22-11-8-17(2)14-19(22)4)30(6)27(29(25)5)23-12-9-20(31)15-24(23)32/h7-12,14-15,25-28,31-32H,1,13H2,2-6H3. The van der Waals surface area contributed by atoms with Gasteiger partial charge in [-0.05, 0) is 70.1 Å². The molecule has 3 N–H and O–H groups in total. The number of aryl methyl sites for hydroxylation is 2. The molecule has 0 aromatic heterocycles. The number of hydrogen-bond donors (Lipinski definition) is 3. The fourth-order valence-electron chi connectivity index (χ4n) is 5.07. The predicted molar refractivity (Wildman–Crippen MR) is 129 cm³/mol. The first-order valence-electron chi connectivity index (χ1n) is 11.0. The molecule has 168 valence electrons. The maximum Gasteiger partial charge on any atom is 0.125 e. The first-order chi connectivity index (χ1) is 15.2. The summed E-state index contributed by atoms with van der Waals surface area (Å²) in [5.74, 6) is 0.146. The molecule has 1 aliphatic carbocycles. The molecule has 0 radical (unpaired) electrons. The topological polar surface area (TPSA) is 59.0 Å². The molecular weight excluding hydrogens is 398 g/mol. The van der Waals surface area contributed by atoms with Crippen LogP contribution in [0.15, 0.2) is 71.8 Å². The summed E-state index contributed by atoms with van der Waals surface area (Å²) < 4.78 is 0. The maximum absolute atomic E-state index is 10.7. The van der Waals surface area contributed by atoms with Gasteiger partial charge in [-0.25, -0.2) is 0 Å². The van der Waals surface area contributed by atoms with E-state index in [1.165, 1.54) is 33.9 Å². The molecule has 0 spiro atoms. The summed E-state index contributed by atoms with van der Waals surface area (Å²) in [6.45, 7) is 10.5. The maximum atomic E-state index is 10.7. The van der Waals surface area contributed by atoms with Gasteiger partial charge >= 0.3 is 0 Å². The molecule has 0 amide bonds. The predicted octanol–water partition coefficient (Wildman–Crippen LogP) is 5.04. The number of hydrogen-bond acceptors (Lipinski definition) is 5. The Balaban J connectivity index is 1.84. The van der Waals surface area contributed by atoms with Crippen molar-refractivity contribution in [1.29, 1.82) is 0 Å². The van der Waals surface area contributed by atoms with E-state index in [1.54, 1.807) is 6.07 Å². The SMILES string of the molecule is C=C1C=CC(C2NC(c3ccc(C)cc3C)N(C)C(c3ccc(O)cc3O)N2C)=C(C)C1. The average Bonchev–Trinajstić information content (AvgIpc) is 2.71. The fraction of sp³-hybridized carbons (Fsp3) is 0.333. The Kier molecular flexibility index (Phi) is 5.99. The number of aromatic hydroxyl groups is 2. The smallest absolute Gasteiger partial charge is 0.125 e. The van der Waals surface area contributed by atoms with Crippen LogP contribution in [0.1, 0.15) is 47.9 Å². The molecular formula is C27H33N3O2. The first-order valence-corrected chi connectivity index (χ1v) is 11.0. The number of phenols is 2. The van der Waals surface area contributed by atoms with Gasteiger partial charge in [-0.1, -0.05) is 53.6 Å². The van der Waals surface area contributed by atoms with Gasteiger partial charge in [-0.15, -0.1) is 0 Å². The summed E-state index contributed by atoms with van der Waals surface area (Å²) in [6, 6.07) is 11.4. The Morgan fingerprint density at radius 2 is 1.59 bits per heavy atom. The summed E-state index contributed by atoms with van der Waals surface area (Å²) in [4.78, 5) is 4.48. The lowest BCUT2D eigenvalue weighted by atomic mass is 9.91. The Hall–Kier alpha value is -2.86. The minimum atomic E-state index is -0.202. The lowest BCUT2D eigenvalue weighted by molar-refractivity contribution is -0.0528. The molecule has 1 heterocycles. The zero-order chi connectivity index (χ0) is 23.2. The van der Waals surface area contributed by atoms with Gasteiger partial charge in [0, 0.05) is 11.6 Å². The largest absolute Gasteiger partial charge is 0.508 e. The van der Waals surface area contributed by atoms with Crippen molar-refractivity contribution in [2.45, 2.75) is 45.7 Å². The second-order valence-corrected chi connectivity index (χ2v) is 9.18. The first kappa shape index (κ1) is 22.3. The van der Waals surface area contributed by atoms with E-state index < -0.39 is 0 Å². The lowest BCUT2D eigenvalue weighted by Crippen LogP contribution is -2.60. The molecule has 2 aromatic rings. The summed E-state index contributed by atoms with van der Waals surface area (Å²) in [7, 11) is 4.14. The van der Waals surface area contributed by atoms with Crippen LogP contribution in [-0.4, -0.2) is 40.3 Å². The summed E-state index contributed by atoms with van der Waals surface area (Å²) in [5, 5.41) is 24.4. The third-order valence-electron chi connectivity index (χ3n) is 6.69. The van der Waals surface area contributed by atoms with Crippen molar-refractivity contribution < 1.29 is 10.2 Å². The molecule has 5 nitrogen and oxygen atoms in total. The highest BCUT2D eigenvalue weighted by atomic mass is 16.3. The van der Waals surface area contributed by atoms with E-state index >= 15 is 0 Å². The number of rotatable bonds is 3. The molecule has 2 aromatic carbocycles. The lowest BCUT2D eigenvalue weighted by Gasteiger charge is -2.51. The van der Waals surface area contributed by atoms with Crippen LogP contribution in [0.2, 0.25) is 0 Å². The van der Waals surface area contributed by atoms with Crippen molar-refractivity contribution in [2.24, 2.45) is 0 Å². The molecule has 1 fully saturated rings. The van der Waals surface area contributed by atoms with Crippen molar-refractivity contribution >= 4 is 0 Å². The van der Waals surface area contributed by atoms with Gasteiger partial charge < -0.3 is 10.2 Å². The zero-order valence-electron chi connectivity index (χ0n) is 19.6. The minimum Gasteiger partial charge on any atom is -0.508 e. The van der Waals surface area contributed by atoms with Gasteiger partial charge in [0.05, 0.1) is 18.5 Å².